The summed E-state index contributed by atoms with van der Waals surface area (Å²) in [5.41, 5.74) is 3.43. The number of nitrogens with zero attached hydrogens (tertiary/aromatic N) is 2. The molecule has 0 N–H and O–H groups in total. The summed E-state index contributed by atoms with van der Waals surface area (Å²) in [4.78, 5) is 31.1. The lowest BCUT2D eigenvalue weighted by atomic mass is 9.95. The summed E-state index contributed by atoms with van der Waals surface area (Å²) in [6, 6.07) is 21.5. The van der Waals surface area contributed by atoms with Gasteiger partial charge >= 0.3 is 0 Å². The number of benzene rings is 3. The van der Waals surface area contributed by atoms with Crippen LogP contribution < -0.4 is 0 Å². The second-order valence-electron chi connectivity index (χ2n) is 7.38. The molecule has 4 aromatic rings. The average molecular weight is 396 g/mol. The molecule has 1 aliphatic rings. The van der Waals surface area contributed by atoms with Crippen molar-refractivity contribution in [3.63, 3.8) is 0 Å². The average Bonchev–Trinajstić information content (AvgIpc) is 2.82. The van der Waals surface area contributed by atoms with E-state index >= 15 is 0 Å². The summed E-state index contributed by atoms with van der Waals surface area (Å²) in [6.07, 6.45) is 0.795. The molecule has 0 aliphatic carbocycles. The number of fused-ring (bicyclic) bond motifs is 2. The summed E-state index contributed by atoms with van der Waals surface area (Å²) < 4.78 is 5.34. The van der Waals surface area contributed by atoms with Crippen LogP contribution in [0, 0.1) is 0 Å². The summed E-state index contributed by atoms with van der Waals surface area (Å²) >= 11 is 0. The number of carbonyl (C=O) groups excluding carboxylic acids is 2. The maximum absolute atomic E-state index is 12.9. The van der Waals surface area contributed by atoms with Gasteiger partial charge in [-0.25, -0.2) is 4.98 Å². The molecule has 30 heavy (non-hydrogen) atoms. The second-order valence-corrected chi connectivity index (χ2v) is 7.38. The molecule has 148 valence electrons. The minimum absolute atomic E-state index is 0.00799. The van der Waals surface area contributed by atoms with Crippen molar-refractivity contribution in [1.29, 1.82) is 0 Å². The first kappa shape index (κ1) is 18.5. The lowest BCUT2D eigenvalue weighted by Gasteiger charge is -2.27. The van der Waals surface area contributed by atoms with Crippen LogP contribution in [0.1, 0.15) is 20.8 Å². The van der Waals surface area contributed by atoms with E-state index in [0.29, 0.717) is 43.1 Å². The Kier molecular flexibility index (Phi) is 4.73. The number of aromatic nitrogens is 1. The fraction of sp³-hybridized carbons (Fsp3) is 0.160. The first-order valence-corrected chi connectivity index (χ1v) is 10.00. The van der Waals surface area contributed by atoms with Crippen LogP contribution in [0.4, 0.5) is 0 Å². The number of pyridine rings is 1. The first-order valence-electron chi connectivity index (χ1n) is 10.00. The Morgan fingerprint density at radius 1 is 0.900 bits per heavy atom. The van der Waals surface area contributed by atoms with E-state index in [1.54, 1.807) is 6.07 Å². The Morgan fingerprint density at radius 3 is 2.53 bits per heavy atom. The third-order valence-corrected chi connectivity index (χ3v) is 5.58. The van der Waals surface area contributed by atoms with E-state index in [4.69, 9.17) is 4.74 Å². The highest BCUT2D eigenvalue weighted by atomic mass is 16.5. The molecule has 0 unspecified atom stereocenters. The number of aldehydes is 1. The number of hydrogen-bond donors (Lipinski definition) is 0. The minimum atomic E-state index is -0.00799. The lowest BCUT2D eigenvalue weighted by Crippen LogP contribution is -2.40. The number of rotatable bonds is 3. The molecular weight excluding hydrogens is 376 g/mol. The van der Waals surface area contributed by atoms with Crippen molar-refractivity contribution in [1.82, 2.24) is 9.88 Å². The fourth-order valence-electron chi connectivity index (χ4n) is 4.04. The molecule has 2 heterocycles. The summed E-state index contributed by atoms with van der Waals surface area (Å²) in [6.45, 7) is 2.32. The Bertz CT molecular complexity index is 1270. The summed E-state index contributed by atoms with van der Waals surface area (Å²) in [5, 5.41) is 3.00. The molecular formula is C25H20N2O3. The van der Waals surface area contributed by atoms with Gasteiger partial charge in [0.05, 0.1) is 18.7 Å². The van der Waals surface area contributed by atoms with E-state index in [2.05, 4.69) is 4.98 Å². The van der Waals surface area contributed by atoms with Gasteiger partial charge in [0, 0.05) is 29.6 Å². The monoisotopic (exact) mass is 396 g/mol. The van der Waals surface area contributed by atoms with Crippen LogP contribution in [0.15, 0.2) is 66.7 Å². The molecule has 0 radical (unpaired) electrons. The zero-order valence-electron chi connectivity index (χ0n) is 16.4. The van der Waals surface area contributed by atoms with E-state index in [1.165, 1.54) is 0 Å². The highest BCUT2D eigenvalue weighted by Crippen LogP contribution is 2.32. The molecule has 1 saturated heterocycles. The van der Waals surface area contributed by atoms with Crippen LogP contribution in [-0.2, 0) is 4.74 Å². The molecule has 0 bridgehead atoms. The van der Waals surface area contributed by atoms with Crippen LogP contribution in [0.5, 0.6) is 0 Å². The van der Waals surface area contributed by atoms with Crippen molar-refractivity contribution < 1.29 is 14.3 Å². The predicted octanol–water partition coefficient (Wildman–Crippen LogP) is 4.34. The van der Waals surface area contributed by atoms with Crippen molar-refractivity contribution in [2.75, 3.05) is 26.3 Å². The molecule has 1 amide bonds. The molecule has 5 rings (SSSR count). The van der Waals surface area contributed by atoms with Crippen molar-refractivity contribution in [3.05, 3.63) is 78.0 Å². The molecule has 5 heteroatoms. The quantitative estimate of drug-likeness (QED) is 0.484. The van der Waals surface area contributed by atoms with E-state index < -0.39 is 0 Å². The van der Waals surface area contributed by atoms with Crippen LogP contribution in [0.25, 0.3) is 32.8 Å². The smallest absolute Gasteiger partial charge is 0.254 e. The largest absolute Gasteiger partial charge is 0.378 e. The van der Waals surface area contributed by atoms with Gasteiger partial charge in [-0.2, -0.15) is 0 Å². The maximum Gasteiger partial charge on any atom is 0.254 e. The molecule has 1 aliphatic heterocycles. The van der Waals surface area contributed by atoms with E-state index in [0.717, 1.165) is 33.6 Å². The van der Waals surface area contributed by atoms with Gasteiger partial charge in [0.2, 0.25) is 0 Å². The van der Waals surface area contributed by atoms with Gasteiger partial charge in [-0.1, -0.05) is 42.5 Å². The van der Waals surface area contributed by atoms with Crippen molar-refractivity contribution in [3.8, 4) is 11.1 Å². The summed E-state index contributed by atoms with van der Waals surface area (Å²) in [7, 11) is 0. The van der Waals surface area contributed by atoms with Crippen LogP contribution in [0.2, 0.25) is 0 Å². The molecule has 3 aromatic carbocycles. The normalized spacial score (nSPS) is 14.2. The number of ether oxygens (including phenoxy) is 1. The van der Waals surface area contributed by atoms with Crippen molar-refractivity contribution in [2.24, 2.45) is 0 Å². The van der Waals surface area contributed by atoms with Gasteiger partial charge in [0.15, 0.2) is 6.29 Å². The van der Waals surface area contributed by atoms with Crippen molar-refractivity contribution in [2.45, 2.75) is 0 Å². The van der Waals surface area contributed by atoms with Gasteiger partial charge in [-0.3, -0.25) is 9.59 Å². The fourth-order valence-corrected chi connectivity index (χ4v) is 4.04. The SMILES string of the molecule is O=Cc1nc2ccc(C(=O)N3CCOCC3)cc2cc1-c1cccc2ccccc12. The zero-order chi connectivity index (χ0) is 20.5. The van der Waals surface area contributed by atoms with E-state index in [1.807, 2.05) is 65.6 Å². The van der Waals surface area contributed by atoms with Gasteiger partial charge in [-0.15, -0.1) is 0 Å². The van der Waals surface area contributed by atoms with Gasteiger partial charge in [0.25, 0.3) is 5.91 Å². The molecule has 1 aromatic heterocycles. The van der Waals surface area contributed by atoms with Gasteiger partial charge < -0.3 is 9.64 Å². The number of hydrogen-bond acceptors (Lipinski definition) is 4. The second kappa shape index (κ2) is 7.69. The van der Waals surface area contributed by atoms with Crippen LogP contribution >= 0.6 is 0 Å². The Labute approximate surface area is 173 Å². The van der Waals surface area contributed by atoms with Crippen LogP contribution in [-0.4, -0.2) is 48.4 Å². The zero-order valence-corrected chi connectivity index (χ0v) is 16.4. The Hall–Kier alpha value is -3.57. The number of carbonyl (C=O) groups is 2. The van der Waals surface area contributed by atoms with Crippen molar-refractivity contribution >= 4 is 33.9 Å². The summed E-state index contributed by atoms with van der Waals surface area (Å²) in [5.74, 6) is -0.00799. The molecule has 5 nitrogen and oxygen atoms in total. The minimum Gasteiger partial charge on any atom is -0.378 e. The van der Waals surface area contributed by atoms with Crippen LogP contribution in [0.3, 0.4) is 0 Å². The number of morpholine rings is 1. The molecule has 1 fully saturated rings. The molecule has 0 spiro atoms. The van der Waals surface area contributed by atoms with E-state index in [-0.39, 0.29) is 5.91 Å². The highest BCUT2D eigenvalue weighted by Gasteiger charge is 2.19. The Balaban J connectivity index is 1.65. The van der Waals surface area contributed by atoms with Gasteiger partial charge in [0.1, 0.15) is 5.69 Å². The standard InChI is InChI=1S/C25H20N2O3/c28-16-24-22(21-7-3-5-17-4-1-2-6-20(17)21)15-19-14-18(8-9-23(19)26-24)25(29)27-10-12-30-13-11-27/h1-9,14-16H,10-13H2. The highest BCUT2D eigenvalue weighted by molar-refractivity contribution is 6.04. The maximum atomic E-state index is 12.9. The molecule has 0 saturated carbocycles. The topological polar surface area (TPSA) is 59.5 Å². The predicted molar refractivity (Wildman–Crippen MR) is 117 cm³/mol. The third-order valence-electron chi connectivity index (χ3n) is 5.58. The third kappa shape index (κ3) is 3.23. The van der Waals surface area contributed by atoms with E-state index in [9.17, 15) is 9.59 Å². The first-order chi connectivity index (χ1) is 14.7. The lowest BCUT2D eigenvalue weighted by molar-refractivity contribution is 0.0303. The Morgan fingerprint density at radius 2 is 1.70 bits per heavy atom. The van der Waals surface area contributed by atoms with Gasteiger partial charge in [-0.05, 0) is 40.6 Å². The number of amides is 1. The molecule has 0 atom stereocenters.